The molecule has 2 saturated carbocycles. The van der Waals surface area contributed by atoms with Gasteiger partial charge in [-0.25, -0.2) is 0 Å². The average molecular weight is 284 g/mol. The highest BCUT2D eigenvalue weighted by atomic mass is 15.4. The van der Waals surface area contributed by atoms with Gasteiger partial charge in [0.25, 0.3) is 0 Å². The molecule has 0 bridgehead atoms. The molecule has 2 fully saturated rings. The second-order valence-electron chi connectivity index (χ2n) is 7.23. The van der Waals surface area contributed by atoms with Gasteiger partial charge >= 0.3 is 0 Å². The summed E-state index contributed by atoms with van der Waals surface area (Å²) in [6.45, 7) is 4.50. The summed E-state index contributed by atoms with van der Waals surface area (Å²) in [6.07, 6.45) is 10.3. The topological polar surface area (TPSA) is 6.48 Å². The van der Waals surface area contributed by atoms with Gasteiger partial charge in [-0.1, -0.05) is 37.8 Å². The summed E-state index contributed by atoms with van der Waals surface area (Å²) in [5.74, 6) is 2.07. The first-order valence-corrected chi connectivity index (χ1v) is 8.97. The minimum Gasteiger partial charge on any atom is -0.352 e. The van der Waals surface area contributed by atoms with Crippen LogP contribution in [0.1, 0.15) is 51.9 Å². The maximum absolute atomic E-state index is 2.71. The second-order valence-corrected chi connectivity index (χ2v) is 7.23. The fraction of sp³-hybridized carbons (Fsp3) is 0.684. The summed E-state index contributed by atoms with van der Waals surface area (Å²) in [6, 6.07) is 9.80. The van der Waals surface area contributed by atoms with E-state index in [1.54, 1.807) is 0 Å². The van der Waals surface area contributed by atoms with Crippen molar-refractivity contribution in [3.8, 4) is 0 Å². The Labute approximate surface area is 129 Å². The normalized spacial score (nSPS) is 32.0. The van der Waals surface area contributed by atoms with Crippen LogP contribution in [0.2, 0.25) is 0 Å². The first kappa shape index (κ1) is 13.5. The Kier molecular flexibility index (Phi) is 3.56. The van der Waals surface area contributed by atoms with E-state index in [1.807, 2.05) is 0 Å². The van der Waals surface area contributed by atoms with Gasteiger partial charge in [0.2, 0.25) is 0 Å². The molecule has 3 aliphatic rings. The molecule has 2 nitrogen and oxygen atoms in total. The Morgan fingerprint density at radius 2 is 1.71 bits per heavy atom. The number of anilines is 2. The lowest BCUT2D eigenvalue weighted by atomic mass is 9.69. The van der Waals surface area contributed by atoms with Crippen molar-refractivity contribution in [2.75, 3.05) is 23.0 Å². The van der Waals surface area contributed by atoms with E-state index in [9.17, 15) is 0 Å². The Hall–Kier alpha value is -1.18. The number of rotatable bonds is 2. The van der Waals surface area contributed by atoms with Gasteiger partial charge in [-0.05, 0) is 50.2 Å². The summed E-state index contributed by atoms with van der Waals surface area (Å²) < 4.78 is 0. The van der Waals surface area contributed by atoms with Gasteiger partial charge in [0.1, 0.15) is 0 Å². The van der Waals surface area contributed by atoms with E-state index < -0.39 is 0 Å². The maximum atomic E-state index is 2.71. The van der Waals surface area contributed by atoms with E-state index in [2.05, 4.69) is 41.0 Å². The minimum atomic E-state index is 0.780. The van der Waals surface area contributed by atoms with Crippen molar-refractivity contribution in [1.82, 2.24) is 0 Å². The molecule has 2 aliphatic carbocycles. The highest BCUT2D eigenvalue weighted by Crippen LogP contribution is 2.45. The van der Waals surface area contributed by atoms with Crippen LogP contribution in [-0.4, -0.2) is 19.3 Å². The van der Waals surface area contributed by atoms with E-state index in [1.165, 1.54) is 56.3 Å². The van der Waals surface area contributed by atoms with Crippen molar-refractivity contribution >= 4 is 11.4 Å². The van der Waals surface area contributed by atoms with E-state index in [4.69, 9.17) is 0 Å². The summed E-state index contributed by atoms with van der Waals surface area (Å²) in [5, 5.41) is 0. The number of hydrogen-bond acceptors (Lipinski definition) is 2. The number of fused-ring (bicyclic) bond motifs is 2. The maximum Gasteiger partial charge on any atom is 0.0906 e. The highest BCUT2D eigenvalue weighted by Gasteiger charge is 2.37. The van der Waals surface area contributed by atoms with E-state index in [0.717, 1.165) is 31.1 Å². The lowest BCUT2D eigenvalue weighted by molar-refractivity contribution is 0.154. The first-order chi connectivity index (χ1) is 10.4. The van der Waals surface area contributed by atoms with Crippen molar-refractivity contribution < 1.29 is 0 Å². The van der Waals surface area contributed by atoms with Gasteiger partial charge in [-0.2, -0.15) is 0 Å². The monoisotopic (exact) mass is 284 g/mol. The summed E-state index contributed by atoms with van der Waals surface area (Å²) in [7, 11) is 0. The minimum absolute atomic E-state index is 0.780. The van der Waals surface area contributed by atoms with Gasteiger partial charge in [0.05, 0.1) is 18.0 Å². The van der Waals surface area contributed by atoms with E-state index in [0.29, 0.717) is 0 Å². The molecular weight excluding hydrogens is 256 g/mol. The number of para-hydroxylation sites is 2. The quantitative estimate of drug-likeness (QED) is 0.780. The fourth-order valence-corrected chi connectivity index (χ4v) is 5.02. The van der Waals surface area contributed by atoms with Crippen LogP contribution in [0.4, 0.5) is 11.4 Å². The van der Waals surface area contributed by atoms with Gasteiger partial charge in [-0.15, -0.1) is 0 Å². The molecule has 0 spiro atoms. The van der Waals surface area contributed by atoms with Crippen LogP contribution >= 0.6 is 0 Å². The SMILES string of the molecule is CCN1CN(C2CCC3CCCCC3C2)c2ccccc21. The molecule has 0 aromatic heterocycles. The fourth-order valence-electron chi connectivity index (χ4n) is 5.02. The van der Waals surface area contributed by atoms with Crippen LogP contribution in [0.5, 0.6) is 0 Å². The molecule has 21 heavy (non-hydrogen) atoms. The van der Waals surface area contributed by atoms with Gasteiger partial charge in [-0.3, -0.25) is 0 Å². The molecular formula is C19H28N2. The molecule has 1 aromatic carbocycles. The largest absolute Gasteiger partial charge is 0.352 e. The zero-order valence-electron chi connectivity index (χ0n) is 13.3. The van der Waals surface area contributed by atoms with Crippen molar-refractivity contribution in [1.29, 1.82) is 0 Å². The summed E-state index contributed by atoms with van der Waals surface area (Å²) in [5.41, 5.74) is 2.93. The summed E-state index contributed by atoms with van der Waals surface area (Å²) >= 11 is 0. The van der Waals surface area contributed by atoms with E-state index >= 15 is 0 Å². The van der Waals surface area contributed by atoms with Crippen molar-refractivity contribution in [2.45, 2.75) is 57.9 Å². The molecule has 2 heteroatoms. The van der Waals surface area contributed by atoms with Crippen LogP contribution in [0.3, 0.4) is 0 Å². The Bertz CT molecular complexity index is 498. The predicted molar refractivity (Wildman–Crippen MR) is 89.9 cm³/mol. The third-order valence-corrected chi connectivity index (χ3v) is 6.19. The Morgan fingerprint density at radius 3 is 2.52 bits per heavy atom. The van der Waals surface area contributed by atoms with Crippen LogP contribution in [0, 0.1) is 11.8 Å². The first-order valence-electron chi connectivity index (χ1n) is 8.97. The molecule has 0 saturated heterocycles. The molecule has 0 N–H and O–H groups in total. The number of nitrogens with zero attached hydrogens (tertiary/aromatic N) is 2. The zero-order valence-corrected chi connectivity index (χ0v) is 13.3. The van der Waals surface area contributed by atoms with Crippen molar-refractivity contribution in [2.24, 2.45) is 11.8 Å². The molecule has 1 heterocycles. The molecule has 114 valence electrons. The van der Waals surface area contributed by atoms with Gasteiger partial charge < -0.3 is 9.80 Å². The zero-order chi connectivity index (χ0) is 14.2. The molecule has 1 aliphatic heterocycles. The van der Waals surface area contributed by atoms with E-state index in [-0.39, 0.29) is 0 Å². The van der Waals surface area contributed by atoms with Crippen LogP contribution in [0.15, 0.2) is 24.3 Å². The molecule has 3 unspecified atom stereocenters. The third kappa shape index (κ3) is 2.33. The van der Waals surface area contributed by atoms with Crippen molar-refractivity contribution in [3.05, 3.63) is 24.3 Å². The Morgan fingerprint density at radius 1 is 0.952 bits per heavy atom. The molecule has 3 atom stereocenters. The number of benzene rings is 1. The number of hydrogen-bond donors (Lipinski definition) is 0. The van der Waals surface area contributed by atoms with Gasteiger partial charge in [0.15, 0.2) is 0 Å². The standard InChI is InChI=1S/C19H28N2/c1-2-20-14-21(19-10-6-5-9-18(19)20)17-12-11-15-7-3-4-8-16(15)13-17/h5-6,9-10,15-17H,2-4,7-8,11-14H2,1H3. The highest BCUT2D eigenvalue weighted by molar-refractivity contribution is 5.76. The smallest absolute Gasteiger partial charge is 0.0906 e. The average Bonchev–Trinajstić information content (AvgIpc) is 2.93. The molecule has 1 aromatic rings. The van der Waals surface area contributed by atoms with Crippen molar-refractivity contribution in [3.63, 3.8) is 0 Å². The van der Waals surface area contributed by atoms with Crippen LogP contribution in [-0.2, 0) is 0 Å². The van der Waals surface area contributed by atoms with Crippen LogP contribution < -0.4 is 9.80 Å². The van der Waals surface area contributed by atoms with Crippen LogP contribution in [0.25, 0.3) is 0 Å². The predicted octanol–water partition coefficient (Wildman–Crippen LogP) is 4.65. The molecule has 4 rings (SSSR count). The van der Waals surface area contributed by atoms with Gasteiger partial charge in [0, 0.05) is 12.6 Å². The molecule has 0 amide bonds. The Balaban J connectivity index is 1.54. The lowest BCUT2D eigenvalue weighted by Gasteiger charge is -2.43. The summed E-state index contributed by atoms with van der Waals surface area (Å²) in [4.78, 5) is 5.24. The molecule has 0 radical (unpaired) electrons. The lowest BCUT2D eigenvalue weighted by Crippen LogP contribution is -2.43. The second kappa shape index (κ2) is 5.55. The third-order valence-electron chi connectivity index (χ3n) is 6.19.